The highest BCUT2D eigenvalue weighted by atomic mass is 16.1. The summed E-state index contributed by atoms with van der Waals surface area (Å²) >= 11 is 0. The molecule has 0 radical (unpaired) electrons. The molecular weight excluding hydrogens is 324 g/mol. The summed E-state index contributed by atoms with van der Waals surface area (Å²) in [6.07, 6.45) is 1.63. The predicted octanol–water partition coefficient (Wildman–Crippen LogP) is 3.00. The highest BCUT2D eigenvalue weighted by Gasteiger charge is 2.47. The first-order valence-electron chi connectivity index (χ1n) is 9.36. The number of hydrogen-bond acceptors (Lipinski definition) is 5. The Morgan fingerprint density at radius 1 is 1.15 bits per heavy atom. The normalized spacial score (nSPS) is 29.7. The molecule has 0 aromatic heterocycles. The molecule has 0 amide bonds. The van der Waals surface area contributed by atoms with Gasteiger partial charge in [0.05, 0.1) is 12.0 Å². The lowest BCUT2D eigenvalue weighted by Crippen LogP contribution is -2.52. The number of anilines is 1. The molecule has 2 heterocycles. The zero-order chi connectivity index (χ0) is 18.6. The Morgan fingerprint density at radius 2 is 1.85 bits per heavy atom. The van der Waals surface area contributed by atoms with E-state index in [1.165, 1.54) is 5.57 Å². The number of hydrazone groups is 1. The molecule has 138 valence electrons. The zero-order valence-electron chi connectivity index (χ0n) is 16.3. The molecule has 0 spiro atoms. The average Bonchev–Trinajstić information content (AvgIpc) is 2.94. The molecule has 5 nitrogen and oxygen atoms in total. The van der Waals surface area contributed by atoms with Gasteiger partial charge in [0.2, 0.25) is 0 Å². The van der Waals surface area contributed by atoms with Crippen LogP contribution >= 0.6 is 0 Å². The maximum absolute atomic E-state index is 13.1. The summed E-state index contributed by atoms with van der Waals surface area (Å²) < 4.78 is 0. The molecule has 2 aliphatic heterocycles. The first-order chi connectivity index (χ1) is 12.3. The van der Waals surface area contributed by atoms with Gasteiger partial charge in [0, 0.05) is 37.5 Å². The summed E-state index contributed by atoms with van der Waals surface area (Å²) in [6, 6.07) is 8.43. The van der Waals surface area contributed by atoms with E-state index < -0.39 is 0 Å². The molecule has 1 aliphatic carbocycles. The number of fused-ring (bicyclic) bond motifs is 2. The fourth-order valence-corrected chi connectivity index (χ4v) is 4.64. The third kappa shape index (κ3) is 2.75. The fourth-order valence-electron chi connectivity index (χ4n) is 4.64. The summed E-state index contributed by atoms with van der Waals surface area (Å²) in [7, 11) is 4.07. The van der Waals surface area contributed by atoms with E-state index in [4.69, 9.17) is 0 Å². The summed E-state index contributed by atoms with van der Waals surface area (Å²) in [5, 5.41) is 8.11. The largest absolute Gasteiger partial charge is 0.378 e. The molecule has 4 rings (SSSR count). The quantitative estimate of drug-likeness (QED) is 0.859. The van der Waals surface area contributed by atoms with Crippen molar-refractivity contribution in [3.05, 3.63) is 41.0 Å². The Morgan fingerprint density at radius 3 is 2.50 bits per heavy atom. The van der Waals surface area contributed by atoms with Gasteiger partial charge in [-0.2, -0.15) is 5.10 Å². The van der Waals surface area contributed by atoms with Gasteiger partial charge in [0.15, 0.2) is 5.78 Å². The van der Waals surface area contributed by atoms with Crippen molar-refractivity contribution in [2.24, 2.45) is 16.4 Å². The number of ketones is 1. The molecule has 26 heavy (non-hydrogen) atoms. The SMILES string of the molecule is CC1=NN[C@H]2N[C@@H](c3ccc(N(C)C)cc3)C3=C(CC(C)(C)CC3=O)[C@@H]12. The van der Waals surface area contributed by atoms with Gasteiger partial charge in [-0.1, -0.05) is 26.0 Å². The van der Waals surface area contributed by atoms with E-state index in [1.807, 2.05) is 14.1 Å². The van der Waals surface area contributed by atoms with Gasteiger partial charge >= 0.3 is 0 Å². The van der Waals surface area contributed by atoms with E-state index in [2.05, 4.69) is 65.8 Å². The van der Waals surface area contributed by atoms with Crippen molar-refractivity contribution in [1.82, 2.24) is 10.7 Å². The van der Waals surface area contributed by atoms with Crippen molar-refractivity contribution in [3.63, 3.8) is 0 Å². The van der Waals surface area contributed by atoms with Crippen LogP contribution in [-0.4, -0.2) is 31.8 Å². The number of rotatable bonds is 2. The Hall–Kier alpha value is -2.14. The Labute approximate surface area is 155 Å². The van der Waals surface area contributed by atoms with E-state index in [1.54, 1.807) is 0 Å². The molecule has 0 saturated heterocycles. The molecule has 3 aliphatic rings. The predicted molar refractivity (Wildman–Crippen MR) is 105 cm³/mol. The molecule has 2 N–H and O–H groups in total. The molecular formula is C21H28N4O. The fraction of sp³-hybridized carbons (Fsp3) is 0.524. The van der Waals surface area contributed by atoms with Crippen molar-refractivity contribution in [1.29, 1.82) is 0 Å². The van der Waals surface area contributed by atoms with Gasteiger partial charge in [-0.15, -0.1) is 0 Å². The molecule has 1 aromatic rings. The molecule has 0 saturated carbocycles. The van der Waals surface area contributed by atoms with E-state index >= 15 is 0 Å². The van der Waals surface area contributed by atoms with Gasteiger partial charge < -0.3 is 4.90 Å². The minimum Gasteiger partial charge on any atom is -0.378 e. The van der Waals surface area contributed by atoms with Crippen molar-refractivity contribution >= 4 is 17.2 Å². The van der Waals surface area contributed by atoms with Gasteiger partial charge in [0.25, 0.3) is 0 Å². The summed E-state index contributed by atoms with van der Waals surface area (Å²) in [5.74, 6) is 0.467. The lowest BCUT2D eigenvalue weighted by molar-refractivity contribution is -0.118. The number of benzene rings is 1. The first-order valence-corrected chi connectivity index (χ1v) is 9.36. The second kappa shape index (κ2) is 5.95. The average molecular weight is 352 g/mol. The molecule has 0 bridgehead atoms. The van der Waals surface area contributed by atoms with Crippen molar-refractivity contribution in [2.75, 3.05) is 19.0 Å². The maximum atomic E-state index is 13.1. The minimum atomic E-state index is -0.0698. The monoisotopic (exact) mass is 352 g/mol. The molecule has 1 aromatic carbocycles. The highest BCUT2D eigenvalue weighted by molar-refractivity contribution is 6.01. The van der Waals surface area contributed by atoms with Crippen LogP contribution in [0.1, 0.15) is 45.2 Å². The third-order valence-electron chi connectivity index (χ3n) is 5.87. The third-order valence-corrected chi connectivity index (χ3v) is 5.87. The lowest BCUT2D eigenvalue weighted by atomic mass is 9.66. The van der Waals surface area contributed by atoms with Crippen LogP contribution in [0.2, 0.25) is 0 Å². The van der Waals surface area contributed by atoms with Gasteiger partial charge in [0.1, 0.15) is 6.17 Å². The Kier molecular flexibility index (Phi) is 3.95. The van der Waals surface area contributed by atoms with Gasteiger partial charge in [-0.3, -0.25) is 15.5 Å². The molecule has 5 heteroatoms. The number of hydrogen-bond donors (Lipinski definition) is 2. The number of nitrogens with zero attached hydrogens (tertiary/aromatic N) is 2. The Balaban J connectivity index is 1.79. The van der Waals surface area contributed by atoms with Crippen LogP contribution in [0.4, 0.5) is 5.69 Å². The second-order valence-corrected chi connectivity index (χ2v) is 8.80. The number of nitrogens with one attached hydrogen (secondary N) is 2. The van der Waals surface area contributed by atoms with Crippen LogP contribution in [0.15, 0.2) is 40.5 Å². The van der Waals surface area contributed by atoms with Crippen molar-refractivity contribution < 1.29 is 4.79 Å². The van der Waals surface area contributed by atoms with E-state index in [-0.39, 0.29) is 29.3 Å². The summed E-state index contributed by atoms with van der Waals surface area (Å²) in [4.78, 5) is 15.2. The second-order valence-electron chi connectivity index (χ2n) is 8.80. The number of carbonyl (C=O) groups excluding carboxylic acids is 1. The standard InChI is InChI=1S/C21H28N4O/c1-12-17-15-10-21(2,3)11-16(26)18(15)19(22-20(17)24-23-12)13-6-8-14(9-7-13)25(4)5/h6-9,17,19-20,22,24H,10-11H2,1-5H3/t17-,19+,20-/m1/s1. The topological polar surface area (TPSA) is 56.7 Å². The minimum absolute atomic E-state index is 0.0139. The highest BCUT2D eigenvalue weighted by Crippen LogP contribution is 2.47. The first kappa shape index (κ1) is 17.3. The molecule has 0 unspecified atom stereocenters. The molecule has 0 fully saturated rings. The number of Topliss-reactive ketones (excluding diaryl/α,β-unsaturated/α-hetero) is 1. The van der Waals surface area contributed by atoms with E-state index in [9.17, 15) is 4.79 Å². The maximum Gasteiger partial charge on any atom is 0.161 e. The van der Waals surface area contributed by atoms with Gasteiger partial charge in [-0.25, -0.2) is 0 Å². The summed E-state index contributed by atoms with van der Waals surface area (Å²) in [5.41, 5.74) is 8.87. The van der Waals surface area contributed by atoms with Crippen molar-refractivity contribution in [2.45, 2.75) is 45.8 Å². The van der Waals surface area contributed by atoms with Crippen LogP contribution < -0.4 is 15.6 Å². The smallest absolute Gasteiger partial charge is 0.161 e. The van der Waals surface area contributed by atoms with Gasteiger partial charge in [-0.05, 0) is 42.0 Å². The van der Waals surface area contributed by atoms with Crippen LogP contribution in [0.25, 0.3) is 0 Å². The molecule has 3 atom stereocenters. The van der Waals surface area contributed by atoms with E-state index in [0.29, 0.717) is 6.42 Å². The Bertz CT molecular complexity index is 804. The van der Waals surface area contributed by atoms with E-state index in [0.717, 1.165) is 29.0 Å². The van der Waals surface area contributed by atoms with Crippen LogP contribution in [0.5, 0.6) is 0 Å². The van der Waals surface area contributed by atoms with Crippen LogP contribution in [0, 0.1) is 11.3 Å². The summed E-state index contributed by atoms with van der Waals surface area (Å²) in [6.45, 7) is 6.45. The van der Waals surface area contributed by atoms with Crippen LogP contribution in [-0.2, 0) is 4.79 Å². The lowest BCUT2D eigenvalue weighted by Gasteiger charge is -2.43. The van der Waals surface area contributed by atoms with Crippen molar-refractivity contribution in [3.8, 4) is 0 Å². The zero-order valence-corrected chi connectivity index (χ0v) is 16.3. The van der Waals surface area contributed by atoms with Crippen LogP contribution in [0.3, 0.4) is 0 Å². The number of carbonyl (C=O) groups is 1.